The number of hydrogen-bond acceptors (Lipinski definition) is 6. The molecule has 0 radical (unpaired) electrons. The zero-order valence-corrected chi connectivity index (χ0v) is 13.1. The first-order chi connectivity index (χ1) is 12.1. The average Bonchev–Trinajstić information content (AvgIpc) is 3.01. The molecule has 0 spiro atoms. The van der Waals surface area contributed by atoms with Crippen LogP contribution in [0.3, 0.4) is 0 Å². The van der Waals surface area contributed by atoms with E-state index in [1.165, 1.54) is 11.0 Å². The van der Waals surface area contributed by atoms with E-state index >= 15 is 0 Å². The van der Waals surface area contributed by atoms with E-state index in [2.05, 4.69) is 5.18 Å². The number of amides is 2. The molecule has 0 saturated carbocycles. The predicted molar refractivity (Wildman–Crippen MR) is 90.0 cm³/mol. The van der Waals surface area contributed by atoms with Crippen LogP contribution >= 0.6 is 0 Å². The molecule has 1 fully saturated rings. The van der Waals surface area contributed by atoms with E-state index in [1.54, 1.807) is 42.5 Å². The predicted octanol–water partition coefficient (Wildman–Crippen LogP) is 2.59. The molecule has 1 heterocycles. The Hall–Kier alpha value is -3.42. The highest BCUT2D eigenvalue weighted by molar-refractivity contribution is 5.94. The monoisotopic (exact) mass is 341 g/mol. The van der Waals surface area contributed by atoms with Gasteiger partial charge in [0, 0.05) is 17.3 Å². The molecule has 0 aromatic heterocycles. The molecule has 2 N–H and O–H groups in total. The van der Waals surface area contributed by atoms with Crippen molar-refractivity contribution in [2.75, 3.05) is 18.1 Å². The van der Waals surface area contributed by atoms with Crippen LogP contribution in [0.25, 0.3) is 0 Å². The van der Waals surface area contributed by atoms with Crippen molar-refractivity contribution in [1.29, 1.82) is 0 Å². The van der Waals surface area contributed by atoms with Gasteiger partial charge in [0.15, 0.2) is 6.10 Å². The van der Waals surface area contributed by atoms with Gasteiger partial charge in [-0.2, -0.15) is 0 Å². The molecule has 8 nitrogen and oxygen atoms in total. The first kappa shape index (κ1) is 16.4. The lowest BCUT2D eigenvalue weighted by atomic mass is 10.2. The molecule has 2 aromatic carbocycles. The third-order valence-electron chi connectivity index (χ3n) is 3.70. The van der Waals surface area contributed by atoms with E-state index in [1.807, 2.05) is 0 Å². The van der Waals surface area contributed by atoms with Crippen LogP contribution in [0.4, 0.5) is 16.2 Å². The lowest BCUT2D eigenvalue weighted by Crippen LogP contribution is -2.26. The topological polar surface area (TPSA) is 111 Å². The highest BCUT2D eigenvalue weighted by atomic mass is 16.6. The Labute approximate surface area is 143 Å². The summed E-state index contributed by atoms with van der Waals surface area (Å²) in [6, 6.07) is 12.8. The SMILES string of the molecule is NC(=O)c1ccc(N2CC(COc3cccc(N=O)c3)OC2=O)cc1. The van der Waals surface area contributed by atoms with Crippen LogP contribution in [-0.4, -0.2) is 31.3 Å². The highest BCUT2D eigenvalue weighted by Gasteiger charge is 2.32. The zero-order valence-electron chi connectivity index (χ0n) is 13.1. The Morgan fingerprint density at radius 2 is 2.04 bits per heavy atom. The van der Waals surface area contributed by atoms with Gasteiger partial charge in [0.05, 0.1) is 6.54 Å². The van der Waals surface area contributed by atoms with Crippen molar-refractivity contribution >= 4 is 23.4 Å². The lowest BCUT2D eigenvalue weighted by molar-refractivity contribution is 0.0999. The second-order valence-electron chi connectivity index (χ2n) is 5.43. The standard InChI is InChI=1S/C17H15N3O5/c18-16(21)11-4-6-13(7-5-11)20-9-15(25-17(20)22)10-24-14-3-1-2-12(8-14)19-23/h1-8,15H,9-10H2,(H2,18,21). The van der Waals surface area contributed by atoms with Crippen molar-refractivity contribution in [2.24, 2.45) is 10.9 Å². The van der Waals surface area contributed by atoms with Gasteiger partial charge in [0.1, 0.15) is 18.0 Å². The summed E-state index contributed by atoms with van der Waals surface area (Å²) >= 11 is 0. The van der Waals surface area contributed by atoms with Crippen molar-refractivity contribution in [2.45, 2.75) is 6.10 Å². The van der Waals surface area contributed by atoms with Crippen LogP contribution in [0.1, 0.15) is 10.4 Å². The number of nitrogens with two attached hydrogens (primary N) is 1. The summed E-state index contributed by atoms with van der Waals surface area (Å²) in [6.45, 7) is 0.449. The molecule has 0 bridgehead atoms. The molecule has 25 heavy (non-hydrogen) atoms. The Kier molecular flexibility index (Phi) is 4.60. The number of ether oxygens (including phenoxy) is 2. The molecule has 8 heteroatoms. The number of nitroso groups, excluding NO2 is 1. The van der Waals surface area contributed by atoms with E-state index in [0.717, 1.165) is 0 Å². The van der Waals surface area contributed by atoms with Gasteiger partial charge in [0.2, 0.25) is 5.91 Å². The van der Waals surface area contributed by atoms with Gasteiger partial charge in [-0.05, 0) is 41.6 Å². The third kappa shape index (κ3) is 3.74. The van der Waals surface area contributed by atoms with Crippen molar-refractivity contribution in [3.05, 3.63) is 59.0 Å². The van der Waals surface area contributed by atoms with Crippen LogP contribution in [0.15, 0.2) is 53.7 Å². The lowest BCUT2D eigenvalue weighted by Gasteiger charge is -2.13. The number of carbonyl (C=O) groups excluding carboxylic acids is 2. The maximum atomic E-state index is 12.0. The van der Waals surface area contributed by atoms with Gasteiger partial charge >= 0.3 is 6.09 Å². The number of anilines is 1. The third-order valence-corrected chi connectivity index (χ3v) is 3.70. The first-order valence-electron chi connectivity index (χ1n) is 7.51. The van der Waals surface area contributed by atoms with Gasteiger partial charge in [-0.15, -0.1) is 4.91 Å². The van der Waals surface area contributed by atoms with Crippen molar-refractivity contribution in [1.82, 2.24) is 0 Å². The Balaban J connectivity index is 1.62. The Morgan fingerprint density at radius 3 is 2.72 bits per heavy atom. The summed E-state index contributed by atoms with van der Waals surface area (Å²) in [5, 5.41) is 2.84. The summed E-state index contributed by atoms with van der Waals surface area (Å²) in [6.07, 6.45) is -0.958. The summed E-state index contributed by atoms with van der Waals surface area (Å²) in [4.78, 5) is 35.1. The first-order valence-corrected chi connectivity index (χ1v) is 7.51. The van der Waals surface area contributed by atoms with Crippen LogP contribution < -0.4 is 15.4 Å². The minimum absolute atomic E-state index is 0.143. The van der Waals surface area contributed by atoms with Gasteiger partial charge < -0.3 is 15.2 Å². The molecule has 1 aliphatic rings. The number of nitrogens with zero attached hydrogens (tertiary/aromatic N) is 2. The van der Waals surface area contributed by atoms with E-state index in [-0.39, 0.29) is 12.3 Å². The number of rotatable bonds is 6. The fourth-order valence-electron chi connectivity index (χ4n) is 2.44. The summed E-state index contributed by atoms with van der Waals surface area (Å²) < 4.78 is 10.8. The maximum Gasteiger partial charge on any atom is 0.414 e. The molecular formula is C17H15N3O5. The number of hydrogen-bond donors (Lipinski definition) is 1. The van der Waals surface area contributed by atoms with E-state index in [4.69, 9.17) is 15.2 Å². The molecule has 128 valence electrons. The molecule has 1 aliphatic heterocycles. The number of cyclic esters (lactones) is 1. The Bertz CT molecular complexity index is 806. The minimum Gasteiger partial charge on any atom is -0.490 e. The van der Waals surface area contributed by atoms with E-state index in [0.29, 0.717) is 23.5 Å². The van der Waals surface area contributed by atoms with Crippen LogP contribution in [0.5, 0.6) is 5.75 Å². The molecule has 1 saturated heterocycles. The van der Waals surface area contributed by atoms with E-state index < -0.39 is 18.1 Å². The van der Waals surface area contributed by atoms with Crippen molar-refractivity contribution in [3.8, 4) is 5.75 Å². The number of benzene rings is 2. The molecule has 2 amide bonds. The Morgan fingerprint density at radius 1 is 1.28 bits per heavy atom. The average molecular weight is 341 g/mol. The largest absolute Gasteiger partial charge is 0.490 e. The molecule has 0 aliphatic carbocycles. The molecular weight excluding hydrogens is 326 g/mol. The highest BCUT2D eigenvalue weighted by Crippen LogP contribution is 2.24. The minimum atomic E-state index is -0.533. The maximum absolute atomic E-state index is 12.0. The quantitative estimate of drug-likeness (QED) is 0.812. The van der Waals surface area contributed by atoms with E-state index in [9.17, 15) is 14.5 Å². The number of primary amides is 1. The molecule has 1 unspecified atom stereocenters. The summed E-state index contributed by atoms with van der Waals surface area (Å²) in [5.74, 6) is -0.0636. The number of carbonyl (C=O) groups is 2. The summed E-state index contributed by atoms with van der Waals surface area (Å²) in [7, 11) is 0. The van der Waals surface area contributed by atoms with Gasteiger partial charge in [0.25, 0.3) is 0 Å². The van der Waals surface area contributed by atoms with Gasteiger partial charge in [-0.1, -0.05) is 6.07 Å². The van der Waals surface area contributed by atoms with Gasteiger partial charge in [-0.25, -0.2) is 4.79 Å². The fraction of sp³-hybridized carbons (Fsp3) is 0.176. The fourth-order valence-corrected chi connectivity index (χ4v) is 2.44. The van der Waals surface area contributed by atoms with Crippen molar-refractivity contribution < 1.29 is 19.1 Å². The molecule has 2 aromatic rings. The molecule has 1 atom stereocenters. The second-order valence-corrected chi connectivity index (χ2v) is 5.43. The molecule has 3 rings (SSSR count). The summed E-state index contributed by atoms with van der Waals surface area (Å²) in [5.41, 5.74) is 6.42. The smallest absolute Gasteiger partial charge is 0.414 e. The van der Waals surface area contributed by atoms with Crippen LogP contribution in [-0.2, 0) is 4.74 Å². The van der Waals surface area contributed by atoms with Crippen molar-refractivity contribution in [3.63, 3.8) is 0 Å². The normalized spacial score (nSPS) is 16.4. The van der Waals surface area contributed by atoms with Crippen LogP contribution in [0, 0.1) is 4.91 Å². The second kappa shape index (κ2) is 7.00. The van der Waals surface area contributed by atoms with Crippen LogP contribution in [0.2, 0.25) is 0 Å². The van der Waals surface area contributed by atoms with Gasteiger partial charge in [-0.3, -0.25) is 9.69 Å². The zero-order chi connectivity index (χ0) is 17.8.